The Bertz CT molecular complexity index is 1010. The first kappa shape index (κ1) is 29.5. The van der Waals surface area contributed by atoms with Crippen LogP contribution in [-0.4, -0.2) is 21.7 Å². The third kappa shape index (κ3) is 7.83. The summed E-state index contributed by atoms with van der Waals surface area (Å²) >= 11 is 17.0. The van der Waals surface area contributed by atoms with Crippen LogP contribution in [0.15, 0.2) is 66.7 Å². The van der Waals surface area contributed by atoms with Gasteiger partial charge in [-0.25, -0.2) is 0 Å². The van der Waals surface area contributed by atoms with Gasteiger partial charge in [-0.3, -0.25) is 14.6 Å². The Labute approximate surface area is 209 Å². The SMILES string of the molecule is CC(C)(C)N(NCl)C(=O)c1ccc(Cl)c2ccccc12.Cl.Cl.O=C(Cl)c1ccccc1. The maximum Gasteiger partial charge on any atom is 0.270 e. The summed E-state index contributed by atoms with van der Waals surface area (Å²) in [5.74, 6) is -0.194. The Kier molecular flexibility index (Phi) is 12.5. The van der Waals surface area contributed by atoms with E-state index in [0.717, 1.165) is 10.8 Å². The maximum atomic E-state index is 12.7. The Morgan fingerprint density at radius 2 is 1.35 bits per heavy atom. The zero-order valence-electron chi connectivity index (χ0n) is 17.1. The van der Waals surface area contributed by atoms with Crippen LogP contribution in [0.4, 0.5) is 0 Å². The number of halogens is 5. The van der Waals surface area contributed by atoms with Crippen LogP contribution >= 0.6 is 59.8 Å². The maximum absolute atomic E-state index is 12.7. The van der Waals surface area contributed by atoms with Crippen LogP contribution in [0.3, 0.4) is 0 Å². The molecule has 0 heterocycles. The smallest absolute Gasteiger partial charge is 0.270 e. The van der Waals surface area contributed by atoms with Crippen molar-refractivity contribution in [2.45, 2.75) is 26.3 Å². The topological polar surface area (TPSA) is 49.4 Å². The summed E-state index contributed by atoms with van der Waals surface area (Å²) in [6.07, 6.45) is 0. The highest BCUT2D eigenvalue weighted by molar-refractivity contribution is 6.67. The Morgan fingerprint density at radius 3 is 1.81 bits per heavy atom. The average Bonchev–Trinajstić information content (AvgIpc) is 2.69. The van der Waals surface area contributed by atoms with Gasteiger partial charge < -0.3 is 0 Å². The lowest BCUT2D eigenvalue weighted by Crippen LogP contribution is -2.50. The molecule has 1 amide bonds. The van der Waals surface area contributed by atoms with Crippen LogP contribution in [0.1, 0.15) is 41.5 Å². The van der Waals surface area contributed by atoms with Crippen molar-refractivity contribution in [1.29, 1.82) is 0 Å². The molecule has 1 N–H and O–H groups in total. The minimum Gasteiger partial charge on any atom is -0.276 e. The molecule has 0 bridgehead atoms. The molecule has 3 aromatic rings. The summed E-state index contributed by atoms with van der Waals surface area (Å²) in [7, 11) is 0. The van der Waals surface area contributed by atoms with Gasteiger partial charge in [0.05, 0.1) is 5.54 Å². The molecule has 0 aromatic heterocycles. The predicted octanol–water partition coefficient (Wildman–Crippen LogP) is 7.30. The van der Waals surface area contributed by atoms with E-state index in [1.54, 1.807) is 36.4 Å². The number of carbonyl (C=O) groups excluding carboxylic acids is 2. The summed E-state index contributed by atoms with van der Waals surface area (Å²) < 4.78 is 0. The molecule has 0 atom stereocenters. The van der Waals surface area contributed by atoms with Crippen LogP contribution in [0.2, 0.25) is 5.02 Å². The highest BCUT2D eigenvalue weighted by atomic mass is 35.5. The van der Waals surface area contributed by atoms with E-state index >= 15 is 0 Å². The molecule has 168 valence electrons. The first-order valence-electron chi connectivity index (χ1n) is 8.79. The first-order chi connectivity index (χ1) is 13.7. The van der Waals surface area contributed by atoms with E-state index < -0.39 is 10.8 Å². The van der Waals surface area contributed by atoms with E-state index in [2.05, 4.69) is 4.94 Å². The molecule has 0 aliphatic rings. The molecule has 9 heteroatoms. The van der Waals surface area contributed by atoms with E-state index in [9.17, 15) is 9.59 Å². The summed E-state index contributed by atoms with van der Waals surface area (Å²) in [6, 6.07) is 19.7. The van der Waals surface area contributed by atoms with Gasteiger partial charge in [-0.15, -0.1) is 29.8 Å². The molecular weight excluding hydrogens is 502 g/mol. The van der Waals surface area contributed by atoms with Gasteiger partial charge in [-0.2, -0.15) is 0 Å². The molecule has 0 aliphatic heterocycles. The van der Waals surface area contributed by atoms with E-state index in [1.807, 2.05) is 51.1 Å². The molecule has 4 nitrogen and oxygen atoms in total. The minimum atomic E-state index is -0.445. The van der Waals surface area contributed by atoms with E-state index in [1.165, 1.54) is 5.01 Å². The average molecular weight is 525 g/mol. The summed E-state index contributed by atoms with van der Waals surface area (Å²) in [5.41, 5.74) is 0.659. The predicted molar refractivity (Wildman–Crippen MR) is 135 cm³/mol. The van der Waals surface area contributed by atoms with E-state index in [0.29, 0.717) is 16.1 Å². The fraction of sp³-hybridized carbons (Fsp3) is 0.182. The molecule has 0 fully saturated rings. The van der Waals surface area contributed by atoms with Crippen LogP contribution < -0.4 is 4.94 Å². The lowest BCUT2D eigenvalue weighted by Gasteiger charge is -2.33. The first-order valence-corrected chi connectivity index (χ1v) is 9.93. The molecule has 0 unspecified atom stereocenters. The lowest BCUT2D eigenvalue weighted by molar-refractivity contribution is 0.0518. The zero-order chi connectivity index (χ0) is 21.6. The van der Waals surface area contributed by atoms with Gasteiger partial charge in [0.1, 0.15) is 0 Å². The molecule has 3 rings (SSSR count). The van der Waals surface area contributed by atoms with Crippen molar-refractivity contribution in [3.05, 3.63) is 82.9 Å². The highest BCUT2D eigenvalue weighted by Crippen LogP contribution is 2.28. The second-order valence-corrected chi connectivity index (χ2v) is 8.10. The van der Waals surface area contributed by atoms with Gasteiger partial charge in [0, 0.05) is 21.5 Å². The van der Waals surface area contributed by atoms with Crippen LogP contribution in [-0.2, 0) is 0 Å². The Balaban J connectivity index is 0.000000695. The number of fused-ring (bicyclic) bond motifs is 1. The fourth-order valence-corrected chi connectivity index (χ4v) is 3.29. The fourth-order valence-electron chi connectivity index (χ4n) is 2.61. The van der Waals surface area contributed by atoms with Crippen molar-refractivity contribution in [3.63, 3.8) is 0 Å². The van der Waals surface area contributed by atoms with Crippen LogP contribution in [0, 0.1) is 0 Å². The van der Waals surface area contributed by atoms with Gasteiger partial charge in [-0.05, 0) is 61.7 Å². The second-order valence-electron chi connectivity index (χ2n) is 7.18. The lowest BCUT2D eigenvalue weighted by atomic mass is 10.0. The monoisotopic (exact) mass is 522 g/mol. The molecule has 0 aliphatic carbocycles. The number of nitrogens with one attached hydrogen (secondary N) is 1. The number of benzene rings is 3. The van der Waals surface area contributed by atoms with Crippen molar-refractivity contribution in [3.8, 4) is 0 Å². The molecule has 0 saturated carbocycles. The molecule has 3 aromatic carbocycles. The quantitative estimate of drug-likeness (QED) is 0.222. The highest BCUT2D eigenvalue weighted by Gasteiger charge is 2.28. The summed E-state index contributed by atoms with van der Waals surface area (Å²) in [4.78, 5) is 25.5. The minimum absolute atomic E-state index is 0. The Hall–Kier alpha value is -1.53. The zero-order valence-corrected chi connectivity index (χ0v) is 21.0. The van der Waals surface area contributed by atoms with Crippen molar-refractivity contribution >= 4 is 81.7 Å². The molecular formula is C22H23Cl5N2O2. The third-order valence-corrected chi connectivity index (χ3v) is 4.78. The van der Waals surface area contributed by atoms with Crippen molar-refractivity contribution < 1.29 is 9.59 Å². The number of hydrogen-bond acceptors (Lipinski definition) is 3. The van der Waals surface area contributed by atoms with Gasteiger partial charge in [0.15, 0.2) is 0 Å². The van der Waals surface area contributed by atoms with Crippen molar-refractivity contribution in [1.82, 2.24) is 9.95 Å². The molecule has 0 saturated heterocycles. The molecule has 31 heavy (non-hydrogen) atoms. The summed E-state index contributed by atoms with van der Waals surface area (Å²) in [5, 5.41) is 3.27. The van der Waals surface area contributed by atoms with Crippen LogP contribution in [0.5, 0.6) is 0 Å². The number of amides is 1. The number of hydrazine groups is 1. The molecule has 0 spiro atoms. The Morgan fingerprint density at radius 1 is 0.839 bits per heavy atom. The summed E-state index contributed by atoms with van der Waals surface area (Å²) in [6.45, 7) is 5.70. The van der Waals surface area contributed by atoms with Gasteiger partial charge in [0.2, 0.25) is 0 Å². The van der Waals surface area contributed by atoms with Gasteiger partial charge >= 0.3 is 0 Å². The number of rotatable bonds is 3. The second kappa shape index (κ2) is 13.1. The van der Waals surface area contributed by atoms with E-state index in [4.69, 9.17) is 35.0 Å². The number of hydrogen-bond donors (Lipinski definition) is 1. The third-order valence-electron chi connectivity index (χ3n) is 4.06. The normalized spacial score (nSPS) is 10.1. The standard InChI is InChI=1S/C15H16Cl2N2O.C7H5ClO.2ClH/c1-15(2,3)19(18-17)14(20)12-8-9-13(16)11-7-5-4-6-10(11)12;8-7(9)6-4-2-1-3-5-6;;/h4-9,18H,1-3H3;1-5H;2*1H. The molecule has 0 radical (unpaired) electrons. The number of carbonyl (C=O) groups is 2. The van der Waals surface area contributed by atoms with Crippen molar-refractivity contribution in [2.75, 3.05) is 0 Å². The van der Waals surface area contributed by atoms with Gasteiger partial charge in [0.25, 0.3) is 11.1 Å². The van der Waals surface area contributed by atoms with Crippen LogP contribution in [0.25, 0.3) is 10.8 Å². The van der Waals surface area contributed by atoms with E-state index in [-0.39, 0.29) is 30.7 Å². The largest absolute Gasteiger partial charge is 0.276 e. The van der Waals surface area contributed by atoms with Crippen molar-refractivity contribution in [2.24, 2.45) is 0 Å². The number of nitrogens with zero attached hydrogens (tertiary/aromatic N) is 1. The van der Waals surface area contributed by atoms with Gasteiger partial charge in [-0.1, -0.05) is 66.2 Å².